The van der Waals surface area contributed by atoms with Crippen molar-refractivity contribution in [3.8, 4) is 6.07 Å². The van der Waals surface area contributed by atoms with Crippen LogP contribution in [-0.4, -0.2) is 0 Å². The maximum atomic E-state index is 13.0. The molecule has 2 nitrogen and oxygen atoms in total. The monoisotopic (exact) mass is 190 g/mol. The quantitative estimate of drug-likeness (QED) is 0.743. The number of halogens is 1. The van der Waals surface area contributed by atoms with E-state index in [1.54, 1.807) is 12.1 Å². The van der Waals surface area contributed by atoms with Gasteiger partial charge in [0.15, 0.2) is 0 Å². The first kappa shape index (κ1) is 10.4. The van der Waals surface area contributed by atoms with Crippen molar-refractivity contribution in [1.82, 2.24) is 0 Å². The van der Waals surface area contributed by atoms with Gasteiger partial charge < -0.3 is 5.73 Å². The molecule has 0 radical (unpaired) electrons. The molecule has 14 heavy (non-hydrogen) atoms. The fourth-order valence-corrected chi connectivity index (χ4v) is 1.21. The highest BCUT2D eigenvalue weighted by atomic mass is 19.1. The molecule has 0 aromatic heterocycles. The van der Waals surface area contributed by atoms with E-state index >= 15 is 0 Å². The Bertz CT molecular complexity index is 379. The number of hydrogen-bond donors (Lipinski definition) is 1. The summed E-state index contributed by atoms with van der Waals surface area (Å²) in [4.78, 5) is 0. The Morgan fingerprint density at radius 2 is 2.29 bits per heavy atom. The molecule has 0 heterocycles. The summed E-state index contributed by atoms with van der Waals surface area (Å²) in [5.41, 5.74) is 6.67. The molecular formula is C11H11FN2. The van der Waals surface area contributed by atoms with Crippen molar-refractivity contribution in [3.05, 3.63) is 47.8 Å². The van der Waals surface area contributed by atoms with Gasteiger partial charge >= 0.3 is 0 Å². The molecular weight excluding hydrogens is 179 g/mol. The van der Waals surface area contributed by atoms with Gasteiger partial charge in [0.2, 0.25) is 0 Å². The molecule has 0 saturated carbocycles. The van der Waals surface area contributed by atoms with Gasteiger partial charge in [0, 0.05) is 6.04 Å². The molecule has 0 bridgehead atoms. The lowest BCUT2D eigenvalue weighted by Gasteiger charge is -2.09. The van der Waals surface area contributed by atoms with E-state index in [-0.39, 0.29) is 6.04 Å². The van der Waals surface area contributed by atoms with E-state index in [4.69, 9.17) is 11.0 Å². The molecule has 72 valence electrons. The topological polar surface area (TPSA) is 49.8 Å². The van der Waals surface area contributed by atoms with Gasteiger partial charge in [-0.3, -0.25) is 0 Å². The first-order chi connectivity index (χ1) is 6.67. The molecule has 0 aliphatic heterocycles. The van der Waals surface area contributed by atoms with Gasteiger partial charge in [0.25, 0.3) is 0 Å². The Morgan fingerprint density at radius 3 is 2.86 bits per heavy atom. The Morgan fingerprint density at radius 1 is 1.57 bits per heavy atom. The third-order valence-electron chi connectivity index (χ3n) is 1.90. The predicted molar refractivity (Wildman–Crippen MR) is 52.9 cm³/mol. The van der Waals surface area contributed by atoms with E-state index in [9.17, 15) is 4.39 Å². The van der Waals surface area contributed by atoms with Crippen LogP contribution in [0.5, 0.6) is 0 Å². The van der Waals surface area contributed by atoms with Crippen LogP contribution < -0.4 is 5.73 Å². The Kier molecular flexibility index (Phi) is 3.38. The molecule has 1 aromatic rings. The van der Waals surface area contributed by atoms with Crippen LogP contribution in [0.1, 0.15) is 23.6 Å². The molecule has 0 spiro atoms. The minimum atomic E-state index is -0.432. The lowest BCUT2D eigenvalue weighted by molar-refractivity contribution is 0.619. The van der Waals surface area contributed by atoms with Crippen molar-refractivity contribution in [1.29, 1.82) is 5.26 Å². The highest BCUT2D eigenvalue weighted by Crippen LogP contribution is 2.17. The third kappa shape index (κ3) is 2.41. The smallest absolute Gasteiger partial charge is 0.124 e. The van der Waals surface area contributed by atoms with E-state index in [0.717, 1.165) is 0 Å². The summed E-state index contributed by atoms with van der Waals surface area (Å²) >= 11 is 0. The minimum Gasteiger partial charge on any atom is -0.324 e. The van der Waals surface area contributed by atoms with Crippen molar-refractivity contribution in [2.75, 3.05) is 0 Å². The summed E-state index contributed by atoms with van der Waals surface area (Å²) in [6.45, 7) is 3.55. The molecule has 1 rings (SSSR count). The van der Waals surface area contributed by atoms with Crippen molar-refractivity contribution >= 4 is 0 Å². The van der Waals surface area contributed by atoms with Gasteiger partial charge in [-0.25, -0.2) is 4.39 Å². The second-order valence-corrected chi connectivity index (χ2v) is 3.02. The molecule has 0 saturated heterocycles. The molecule has 0 aliphatic carbocycles. The standard InChI is InChI=1S/C11H11FN2/c1-2-3-11(14)9-4-8(7-13)5-10(12)6-9/h2,4-6,11H,1,3,14H2/t11-/m0/s1. The van der Waals surface area contributed by atoms with Gasteiger partial charge in [-0.2, -0.15) is 5.26 Å². The number of rotatable bonds is 3. The zero-order valence-electron chi connectivity index (χ0n) is 7.70. The highest BCUT2D eigenvalue weighted by molar-refractivity contribution is 5.35. The van der Waals surface area contributed by atoms with Crippen LogP contribution in [0.25, 0.3) is 0 Å². The Balaban J connectivity index is 3.03. The van der Waals surface area contributed by atoms with Crippen LogP contribution in [0.4, 0.5) is 4.39 Å². The summed E-state index contributed by atoms with van der Waals surface area (Å²) in [7, 11) is 0. The Labute approximate surface area is 82.5 Å². The number of nitriles is 1. The SMILES string of the molecule is C=CC[C@H](N)c1cc(F)cc(C#N)c1. The van der Waals surface area contributed by atoms with Crippen molar-refractivity contribution in [2.45, 2.75) is 12.5 Å². The minimum absolute atomic E-state index is 0.291. The van der Waals surface area contributed by atoms with Crippen LogP contribution in [0, 0.1) is 17.1 Å². The summed E-state index contributed by atoms with van der Waals surface area (Å²) in [6, 6.07) is 5.71. The first-order valence-corrected chi connectivity index (χ1v) is 4.24. The molecule has 0 aliphatic rings. The fourth-order valence-electron chi connectivity index (χ4n) is 1.21. The van der Waals surface area contributed by atoms with Gasteiger partial charge in [0.05, 0.1) is 11.6 Å². The zero-order valence-corrected chi connectivity index (χ0v) is 7.70. The molecule has 2 N–H and O–H groups in total. The van der Waals surface area contributed by atoms with Crippen LogP contribution in [-0.2, 0) is 0 Å². The van der Waals surface area contributed by atoms with Crippen LogP contribution in [0.3, 0.4) is 0 Å². The predicted octanol–water partition coefficient (Wildman–Crippen LogP) is 2.27. The third-order valence-corrected chi connectivity index (χ3v) is 1.90. The lowest BCUT2D eigenvalue weighted by atomic mass is 10.0. The second kappa shape index (κ2) is 4.54. The number of hydrogen-bond acceptors (Lipinski definition) is 2. The summed E-state index contributed by atoms with van der Waals surface area (Å²) < 4.78 is 13.0. The summed E-state index contributed by atoms with van der Waals surface area (Å²) in [6.07, 6.45) is 2.23. The van der Waals surface area contributed by atoms with Crippen LogP contribution >= 0.6 is 0 Å². The Hall–Kier alpha value is -1.66. The average molecular weight is 190 g/mol. The molecule has 0 fully saturated rings. The fraction of sp³-hybridized carbons (Fsp3) is 0.182. The largest absolute Gasteiger partial charge is 0.324 e. The van der Waals surface area contributed by atoms with Crippen molar-refractivity contribution < 1.29 is 4.39 Å². The van der Waals surface area contributed by atoms with E-state index < -0.39 is 5.82 Å². The summed E-state index contributed by atoms with van der Waals surface area (Å²) in [5, 5.41) is 8.62. The normalized spacial score (nSPS) is 11.8. The van der Waals surface area contributed by atoms with Gasteiger partial charge in [-0.05, 0) is 30.2 Å². The van der Waals surface area contributed by atoms with E-state index in [2.05, 4.69) is 6.58 Å². The first-order valence-electron chi connectivity index (χ1n) is 4.24. The van der Waals surface area contributed by atoms with E-state index in [1.165, 1.54) is 12.1 Å². The molecule has 0 unspecified atom stereocenters. The molecule has 1 aromatic carbocycles. The van der Waals surface area contributed by atoms with Gasteiger partial charge in [-0.1, -0.05) is 6.08 Å². The highest BCUT2D eigenvalue weighted by Gasteiger charge is 2.07. The maximum Gasteiger partial charge on any atom is 0.124 e. The van der Waals surface area contributed by atoms with Gasteiger partial charge in [-0.15, -0.1) is 6.58 Å². The molecule has 0 amide bonds. The van der Waals surface area contributed by atoms with Gasteiger partial charge in [0.1, 0.15) is 5.82 Å². The van der Waals surface area contributed by atoms with E-state index in [0.29, 0.717) is 17.5 Å². The van der Waals surface area contributed by atoms with Crippen molar-refractivity contribution in [3.63, 3.8) is 0 Å². The number of nitrogens with zero attached hydrogens (tertiary/aromatic N) is 1. The second-order valence-electron chi connectivity index (χ2n) is 3.02. The summed E-state index contributed by atoms with van der Waals surface area (Å²) in [5.74, 6) is -0.432. The van der Waals surface area contributed by atoms with Crippen molar-refractivity contribution in [2.24, 2.45) is 5.73 Å². The molecule has 1 atom stereocenters. The van der Waals surface area contributed by atoms with E-state index in [1.807, 2.05) is 6.07 Å². The van der Waals surface area contributed by atoms with Crippen LogP contribution in [0.15, 0.2) is 30.9 Å². The molecule has 3 heteroatoms. The lowest BCUT2D eigenvalue weighted by Crippen LogP contribution is -2.09. The number of benzene rings is 1. The van der Waals surface area contributed by atoms with Crippen LogP contribution in [0.2, 0.25) is 0 Å². The maximum absolute atomic E-state index is 13.0. The average Bonchev–Trinajstić information content (AvgIpc) is 2.17. The number of nitrogens with two attached hydrogens (primary N) is 1. The zero-order chi connectivity index (χ0) is 10.6.